The van der Waals surface area contributed by atoms with Crippen LogP contribution in [0.1, 0.15) is 30.6 Å². The fourth-order valence-corrected chi connectivity index (χ4v) is 1.89. The predicted molar refractivity (Wildman–Crippen MR) is 76.4 cm³/mol. The molecule has 0 aliphatic heterocycles. The molecule has 1 atom stereocenters. The van der Waals surface area contributed by atoms with Crippen molar-refractivity contribution in [3.63, 3.8) is 0 Å². The number of halogens is 2. The largest absolute Gasteiger partial charge is 0.368 e. The number of hydrogen-bond donors (Lipinski definition) is 2. The van der Waals surface area contributed by atoms with E-state index >= 15 is 0 Å². The van der Waals surface area contributed by atoms with Crippen LogP contribution in [0.4, 0.5) is 0 Å². The van der Waals surface area contributed by atoms with Crippen LogP contribution < -0.4 is 11.1 Å². The maximum absolute atomic E-state index is 12.0. The van der Waals surface area contributed by atoms with Crippen molar-refractivity contribution in [3.8, 4) is 0 Å². The van der Waals surface area contributed by atoms with E-state index in [4.69, 9.17) is 28.9 Å². The van der Waals surface area contributed by atoms with Gasteiger partial charge in [-0.05, 0) is 30.5 Å². The van der Waals surface area contributed by atoms with E-state index < -0.39 is 17.9 Å². The third kappa shape index (κ3) is 4.73. The van der Waals surface area contributed by atoms with Crippen LogP contribution in [-0.2, 0) is 4.79 Å². The van der Waals surface area contributed by atoms with Gasteiger partial charge in [-0.1, -0.05) is 37.0 Å². The van der Waals surface area contributed by atoms with E-state index in [-0.39, 0.29) is 10.9 Å². The Morgan fingerprint density at radius 1 is 1.26 bits per heavy atom. The fourth-order valence-electron chi connectivity index (χ4n) is 1.60. The third-order valence-electron chi connectivity index (χ3n) is 2.54. The molecule has 1 aromatic carbocycles. The maximum atomic E-state index is 12.0. The molecule has 0 radical (unpaired) electrons. The van der Waals surface area contributed by atoms with Crippen LogP contribution in [0.3, 0.4) is 0 Å². The smallest absolute Gasteiger partial charge is 0.251 e. The van der Waals surface area contributed by atoms with E-state index in [2.05, 4.69) is 5.32 Å². The first-order valence-electron chi connectivity index (χ1n) is 5.86. The van der Waals surface area contributed by atoms with Crippen molar-refractivity contribution < 1.29 is 9.59 Å². The normalized spacial score (nSPS) is 12.3. The van der Waals surface area contributed by atoms with E-state index in [9.17, 15) is 9.59 Å². The summed E-state index contributed by atoms with van der Waals surface area (Å²) in [5, 5.41) is 3.25. The molecule has 0 saturated carbocycles. The molecule has 1 unspecified atom stereocenters. The van der Waals surface area contributed by atoms with Crippen LogP contribution >= 0.6 is 23.2 Å². The SMILES string of the molecule is CC(C)CC(NC(=O)c1ccc(Cl)c(Cl)c1)C(N)=O. The number of rotatable bonds is 5. The highest BCUT2D eigenvalue weighted by Gasteiger charge is 2.20. The van der Waals surface area contributed by atoms with Gasteiger partial charge in [-0.25, -0.2) is 0 Å². The van der Waals surface area contributed by atoms with Crippen LogP contribution in [0.25, 0.3) is 0 Å². The van der Waals surface area contributed by atoms with E-state index in [1.807, 2.05) is 13.8 Å². The summed E-state index contributed by atoms with van der Waals surface area (Å²) in [6.07, 6.45) is 0.488. The lowest BCUT2D eigenvalue weighted by molar-refractivity contribution is -0.120. The number of nitrogens with two attached hydrogens (primary N) is 1. The number of nitrogens with one attached hydrogen (secondary N) is 1. The van der Waals surface area contributed by atoms with E-state index in [1.54, 1.807) is 0 Å². The van der Waals surface area contributed by atoms with E-state index in [0.29, 0.717) is 17.0 Å². The van der Waals surface area contributed by atoms with Crippen LogP contribution in [-0.4, -0.2) is 17.9 Å². The molecule has 0 aromatic heterocycles. The number of carbonyl (C=O) groups excluding carboxylic acids is 2. The van der Waals surface area contributed by atoms with Crippen molar-refractivity contribution in [2.24, 2.45) is 11.7 Å². The summed E-state index contributed by atoms with van der Waals surface area (Å²) >= 11 is 11.6. The van der Waals surface area contributed by atoms with Gasteiger partial charge in [0.1, 0.15) is 6.04 Å². The zero-order valence-corrected chi connectivity index (χ0v) is 12.3. The van der Waals surface area contributed by atoms with Gasteiger partial charge >= 0.3 is 0 Å². The summed E-state index contributed by atoms with van der Waals surface area (Å²) in [6.45, 7) is 3.89. The Morgan fingerprint density at radius 2 is 1.89 bits per heavy atom. The minimum absolute atomic E-state index is 0.242. The number of amides is 2. The monoisotopic (exact) mass is 302 g/mol. The van der Waals surface area contributed by atoms with Gasteiger partial charge in [-0.15, -0.1) is 0 Å². The molecule has 104 valence electrons. The Kier molecular flexibility index (Phi) is 5.63. The third-order valence-corrected chi connectivity index (χ3v) is 3.28. The minimum Gasteiger partial charge on any atom is -0.368 e. The molecule has 2 amide bonds. The van der Waals surface area contributed by atoms with Gasteiger partial charge < -0.3 is 11.1 Å². The molecule has 4 nitrogen and oxygen atoms in total. The quantitative estimate of drug-likeness (QED) is 0.877. The second kappa shape index (κ2) is 6.78. The van der Waals surface area contributed by atoms with Crippen LogP contribution in [0.15, 0.2) is 18.2 Å². The number of benzene rings is 1. The van der Waals surface area contributed by atoms with Gasteiger partial charge in [0.05, 0.1) is 10.0 Å². The Hall–Kier alpha value is -1.26. The van der Waals surface area contributed by atoms with Gasteiger partial charge in [0.25, 0.3) is 5.91 Å². The molecule has 0 saturated heterocycles. The lowest BCUT2D eigenvalue weighted by Gasteiger charge is -2.17. The Balaban J connectivity index is 2.81. The molecule has 0 spiro atoms. The molecule has 6 heteroatoms. The van der Waals surface area contributed by atoms with Gasteiger partial charge in [-0.3, -0.25) is 9.59 Å². The van der Waals surface area contributed by atoms with Crippen molar-refractivity contribution >= 4 is 35.0 Å². The second-order valence-electron chi connectivity index (χ2n) is 4.69. The van der Waals surface area contributed by atoms with Crippen molar-refractivity contribution in [1.82, 2.24) is 5.32 Å². The predicted octanol–water partition coefficient (Wildman–Crippen LogP) is 2.62. The number of carbonyl (C=O) groups is 2. The molecule has 0 fully saturated rings. The zero-order chi connectivity index (χ0) is 14.6. The fraction of sp³-hybridized carbons (Fsp3) is 0.385. The van der Waals surface area contributed by atoms with Gasteiger partial charge in [0.15, 0.2) is 0 Å². The molecule has 1 aromatic rings. The summed E-state index contributed by atoms with van der Waals surface area (Å²) in [6, 6.07) is 3.83. The van der Waals surface area contributed by atoms with Crippen molar-refractivity contribution in [2.45, 2.75) is 26.3 Å². The average molecular weight is 303 g/mol. The van der Waals surface area contributed by atoms with E-state index in [1.165, 1.54) is 18.2 Å². The summed E-state index contributed by atoms with van der Waals surface area (Å²) in [5.74, 6) is -0.711. The topological polar surface area (TPSA) is 72.2 Å². The molecule has 1 rings (SSSR count). The minimum atomic E-state index is -0.693. The highest BCUT2D eigenvalue weighted by atomic mass is 35.5. The van der Waals surface area contributed by atoms with Crippen molar-refractivity contribution in [2.75, 3.05) is 0 Å². The molecule has 0 heterocycles. The molecular formula is C13H16Cl2N2O2. The molecule has 0 aliphatic carbocycles. The van der Waals surface area contributed by atoms with Crippen LogP contribution in [0.5, 0.6) is 0 Å². The van der Waals surface area contributed by atoms with Crippen molar-refractivity contribution in [3.05, 3.63) is 33.8 Å². The summed E-state index contributed by atoms with van der Waals surface area (Å²) in [5.41, 5.74) is 5.60. The van der Waals surface area contributed by atoms with E-state index in [0.717, 1.165) is 0 Å². The average Bonchev–Trinajstić information content (AvgIpc) is 2.31. The molecular weight excluding hydrogens is 287 g/mol. The lowest BCUT2D eigenvalue weighted by atomic mass is 10.0. The summed E-state index contributed by atoms with van der Waals surface area (Å²) in [4.78, 5) is 23.3. The summed E-state index contributed by atoms with van der Waals surface area (Å²) < 4.78 is 0. The highest BCUT2D eigenvalue weighted by Crippen LogP contribution is 2.22. The number of hydrogen-bond acceptors (Lipinski definition) is 2. The maximum Gasteiger partial charge on any atom is 0.251 e. The highest BCUT2D eigenvalue weighted by molar-refractivity contribution is 6.42. The molecule has 0 aliphatic rings. The number of primary amides is 1. The van der Waals surface area contributed by atoms with Crippen LogP contribution in [0.2, 0.25) is 10.0 Å². The first-order chi connectivity index (χ1) is 8.81. The zero-order valence-electron chi connectivity index (χ0n) is 10.7. The standard InChI is InChI=1S/C13H16Cl2N2O2/c1-7(2)5-11(12(16)18)17-13(19)8-3-4-9(14)10(15)6-8/h3-4,6-7,11H,5H2,1-2H3,(H2,16,18)(H,17,19). The first-order valence-corrected chi connectivity index (χ1v) is 6.62. The van der Waals surface area contributed by atoms with Crippen molar-refractivity contribution in [1.29, 1.82) is 0 Å². The van der Waals surface area contributed by atoms with Gasteiger partial charge in [0, 0.05) is 5.56 Å². The Morgan fingerprint density at radius 3 is 2.37 bits per heavy atom. The molecule has 19 heavy (non-hydrogen) atoms. The second-order valence-corrected chi connectivity index (χ2v) is 5.50. The Labute approximate surface area is 122 Å². The lowest BCUT2D eigenvalue weighted by Crippen LogP contribution is -2.45. The van der Waals surface area contributed by atoms with Gasteiger partial charge in [-0.2, -0.15) is 0 Å². The van der Waals surface area contributed by atoms with Crippen LogP contribution in [0, 0.1) is 5.92 Å². The summed E-state index contributed by atoms with van der Waals surface area (Å²) in [7, 11) is 0. The van der Waals surface area contributed by atoms with Gasteiger partial charge in [0.2, 0.25) is 5.91 Å². The first kappa shape index (κ1) is 15.8. The Bertz CT molecular complexity index is 490. The molecule has 0 bridgehead atoms. The molecule has 3 N–H and O–H groups in total.